The SMILES string of the molecule is CC(O)c1ccccc1N(C)Cc1ccncc1. The number of aromatic nitrogens is 1. The van der Waals surface area contributed by atoms with E-state index in [4.69, 9.17) is 0 Å². The minimum Gasteiger partial charge on any atom is -0.389 e. The molecule has 0 saturated heterocycles. The largest absolute Gasteiger partial charge is 0.389 e. The maximum Gasteiger partial charge on any atom is 0.0781 e. The summed E-state index contributed by atoms with van der Waals surface area (Å²) >= 11 is 0. The minimum atomic E-state index is -0.457. The van der Waals surface area contributed by atoms with E-state index in [0.717, 1.165) is 17.8 Å². The number of aliphatic hydroxyl groups excluding tert-OH is 1. The quantitative estimate of drug-likeness (QED) is 0.895. The van der Waals surface area contributed by atoms with Crippen molar-refractivity contribution in [1.29, 1.82) is 0 Å². The van der Waals surface area contributed by atoms with Gasteiger partial charge in [0.25, 0.3) is 0 Å². The lowest BCUT2D eigenvalue weighted by atomic mass is 10.1. The number of hydrogen-bond donors (Lipinski definition) is 1. The molecule has 1 atom stereocenters. The van der Waals surface area contributed by atoms with Crippen molar-refractivity contribution in [1.82, 2.24) is 4.98 Å². The van der Waals surface area contributed by atoms with Crippen LogP contribution in [-0.4, -0.2) is 17.1 Å². The third kappa shape index (κ3) is 2.87. The summed E-state index contributed by atoms with van der Waals surface area (Å²) in [5.41, 5.74) is 3.21. The number of para-hydroxylation sites is 1. The normalized spacial score (nSPS) is 12.2. The second kappa shape index (κ2) is 5.65. The number of aliphatic hydroxyl groups is 1. The van der Waals surface area contributed by atoms with Crippen molar-refractivity contribution < 1.29 is 5.11 Å². The van der Waals surface area contributed by atoms with Crippen LogP contribution in [0.25, 0.3) is 0 Å². The Kier molecular flexibility index (Phi) is 3.95. The van der Waals surface area contributed by atoms with Crippen LogP contribution in [0, 0.1) is 0 Å². The van der Waals surface area contributed by atoms with Crippen LogP contribution in [0.5, 0.6) is 0 Å². The Morgan fingerprint density at radius 1 is 1.17 bits per heavy atom. The summed E-state index contributed by atoms with van der Waals surface area (Å²) in [4.78, 5) is 6.15. The number of rotatable bonds is 4. The van der Waals surface area contributed by atoms with Crippen molar-refractivity contribution in [2.75, 3.05) is 11.9 Å². The molecule has 1 N–H and O–H groups in total. The smallest absolute Gasteiger partial charge is 0.0781 e. The zero-order valence-corrected chi connectivity index (χ0v) is 10.7. The molecule has 0 aliphatic carbocycles. The Bertz CT molecular complexity index is 497. The maximum atomic E-state index is 9.78. The molecule has 2 aromatic rings. The molecule has 1 aromatic heterocycles. The van der Waals surface area contributed by atoms with Crippen molar-refractivity contribution in [3.05, 3.63) is 59.9 Å². The van der Waals surface area contributed by atoms with E-state index in [0.29, 0.717) is 0 Å². The molecule has 0 fully saturated rings. The first kappa shape index (κ1) is 12.6. The molecule has 0 spiro atoms. The highest BCUT2D eigenvalue weighted by molar-refractivity contribution is 5.54. The van der Waals surface area contributed by atoms with Crippen molar-refractivity contribution in [3.8, 4) is 0 Å². The summed E-state index contributed by atoms with van der Waals surface area (Å²) < 4.78 is 0. The van der Waals surface area contributed by atoms with Gasteiger partial charge < -0.3 is 10.0 Å². The van der Waals surface area contributed by atoms with Crippen molar-refractivity contribution in [2.45, 2.75) is 19.6 Å². The van der Waals surface area contributed by atoms with Gasteiger partial charge in [-0.25, -0.2) is 0 Å². The lowest BCUT2D eigenvalue weighted by molar-refractivity contribution is 0.199. The molecule has 2 rings (SSSR count). The molecule has 0 saturated carbocycles. The van der Waals surface area contributed by atoms with Crippen LogP contribution in [0.2, 0.25) is 0 Å². The number of nitrogens with zero attached hydrogens (tertiary/aromatic N) is 2. The van der Waals surface area contributed by atoms with E-state index < -0.39 is 6.10 Å². The highest BCUT2D eigenvalue weighted by Crippen LogP contribution is 2.26. The van der Waals surface area contributed by atoms with E-state index in [1.165, 1.54) is 5.56 Å². The van der Waals surface area contributed by atoms with Gasteiger partial charge in [-0.05, 0) is 30.7 Å². The van der Waals surface area contributed by atoms with Crippen molar-refractivity contribution >= 4 is 5.69 Å². The number of anilines is 1. The van der Waals surface area contributed by atoms with Crippen molar-refractivity contribution in [3.63, 3.8) is 0 Å². The van der Waals surface area contributed by atoms with Gasteiger partial charge in [-0.2, -0.15) is 0 Å². The van der Waals surface area contributed by atoms with Crippen LogP contribution in [0.4, 0.5) is 5.69 Å². The maximum absolute atomic E-state index is 9.78. The van der Waals surface area contributed by atoms with E-state index in [1.807, 2.05) is 43.4 Å². The molecule has 0 amide bonds. The standard InChI is InChI=1S/C15H18N2O/c1-12(18)14-5-3-4-6-15(14)17(2)11-13-7-9-16-10-8-13/h3-10,12,18H,11H2,1-2H3. The number of hydrogen-bond acceptors (Lipinski definition) is 3. The lowest BCUT2D eigenvalue weighted by Crippen LogP contribution is -2.18. The first-order valence-electron chi connectivity index (χ1n) is 6.05. The van der Waals surface area contributed by atoms with Gasteiger partial charge in [-0.1, -0.05) is 18.2 Å². The molecule has 1 unspecified atom stereocenters. The van der Waals surface area contributed by atoms with Crippen LogP contribution >= 0.6 is 0 Å². The highest BCUT2D eigenvalue weighted by Gasteiger charge is 2.10. The van der Waals surface area contributed by atoms with Gasteiger partial charge >= 0.3 is 0 Å². The second-order valence-electron chi connectivity index (χ2n) is 4.45. The molecule has 1 heterocycles. The molecular weight excluding hydrogens is 224 g/mol. The summed E-state index contributed by atoms with van der Waals surface area (Å²) in [6.07, 6.45) is 3.13. The van der Waals surface area contributed by atoms with Gasteiger partial charge in [0.2, 0.25) is 0 Å². The van der Waals surface area contributed by atoms with E-state index in [2.05, 4.69) is 9.88 Å². The molecule has 94 valence electrons. The Morgan fingerprint density at radius 3 is 2.50 bits per heavy atom. The summed E-state index contributed by atoms with van der Waals surface area (Å²) in [5, 5.41) is 9.78. The van der Waals surface area contributed by atoms with Gasteiger partial charge in [0.05, 0.1) is 6.10 Å². The molecule has 18 heavy (non-hydrogen) atoms. The average Bonchev–Trinajstić information content (AvgIpc) is 2.40. The summed E-state index contributed by atoms with van der Waals surface area (Å²) in [6.45, 7) is 2.59. The molecule has 1 aromatic carbocycles. The molecule has 3 heteroatoms. The zero-order chi connectivity index (χ0) is 13.0. The first-order chi connectivity index (χ1) is 8.68. The van der Waals surface area contributed by atoms with E-state index >= 15 is 0 Å². The fraction of sp³-hybridized carbons (Fsp3) is 0.267. The average molecular weight is 242 g/mol. The Balaban J connectivity index is 2.21. The Morgan fingerprint density at radius 2 is 1.83 bits per heavy atom. The van der Waals surface area contributed by atoms with Gasteiger partial charge in [0, 0.05) is 37.2 Å². The first-order valence-corrected chi connectivity index (χ1v) is 6.05. The molecule has 0 aliphatic rings. The van der Waals surface area contributed by atoms with Crippen LogP contribution < -0.4 is 4.90 Å². The van der Waals surface area contributed by atoms with Gasteiger partial charge in [-0.15, -0.1) is 0 Å². The van der Waals surface area contributed by atoms with Gasteiger partial charge in [0.1, 0.15) is 0 Å². The fourth-order valence-corrected chi connectivity index (χ4v) is 2.04. The molecule has 0 aliphatic heterocycles. The highest BCUT2D eigenvalue weighted by atomic mass is 16.3. The Labute approximate surface area is 108 Å². The molecule has 0 bridgehead atoms. The third-order valence-electron chi connectivity index (χ3n) is 2.97. The van der Waals surface area contributed by atoms with Gasteiger partial charge in [0.15, 0.2) is 0 Å². The topological polar surface area (TPSA) is 36.4 Å². The van der Waals surface area contributed by atoms with Crippen LogP contribution in [0.1, 0.15) is 24.2 Å². The fourth-order valence-electron chi connectivity index (χ4n) is 2.04. The van der Waals surface area contributed by atoms with Crippen LogP contribution in [0.3, 0.4) is 0 Å². The predicted molar refractivity (Wildman–Crippen MR) is 73.4 cm³/mol. The summed E-state index contributed by atoms with van der Waals surface area (Å²) in [7, 11) is 2.03. The molecule has 3 nitrogen and oxygen atoms in total. The van der Waals surface area contributed by atoms with Crippen molar-refractivity contribution in [2.24, 2.45) is 0 Å². The van der Waals surface area contributed by atoms with Crippen LogP contribution in [-0.2, 0) is 6.54 Å². The monoisotopic (exact) mass is 242 g/mol. The van der Waals surface area contributed by atoms with E-state index in [-0.39, 0.29) is 0 Å². The minimum absolute atomic E-state index is 0.457. The van der Waals surface area contributed by atoms with E-state index in [9.17, 15) is 5.11 Å². The van der Waals surface area contributed by atoms with E-state index in [1.54, 1.807) is 19.3 Å². The van der Waals surface area contributed by atoms with Gasteiger partial charge in [-0.3, -0.25) is 4.98 Å². The molecule has 0 radical (unpaired) electrons. The lowest BCUT2D eigenvalue weighted by Gasteiger charge is -2.23. The number of benzene rings is 1. The van der Waals surface area contributed by atoms with Crippen LogP contribution in [0.15, 0.2) is 48.8 Å². The zero-order valence-electron chi connectivity index (χ0n) is 10.7. The Hall–Kier alpha value is -1.87. The summed E-state index contributed by atoms with van der Waals surface area (Å²) in [5.74, 6) is 0. The second-order valence-corrected chi connectivity index (χ2v) is 4.45. The third-order valence-corrected chi connectivity index (χ3v) is 2.97. The predicted octanol–water partition coefficient (Wildman–Crippen LogP) is 2.77. The summed E-state index contributed by atoms with van der Waals surface area (Å²) in [6, 6.07) is 11.9. The number of pyridine rings is 1. The molecular formula is C15H18N2O.